The Kier molecular flexibility index (Phi) is 6.64. The Labute approximate surface area is 108 Å². The number of aryl methyl sites for hydroxylation is 1. The van der Waals surface area contributed by atoms with E-state index >= 15 is 0 Å². The summed E-state index contributed by atoms with van der Waals surface area (Å²) < 4.78 is 10.4. The summed E-state index contributed by atoms with van der Waals surface area (Å²) in [6.45, 7) is 3.34. The summed E-state index contributed by atoms with van der Waals surface area (Å²) in [6, 6.07) is 7.83. The summed E-state index contributed by atoms with van der Waals surface area (Å²) in [7, 11) is 1.62. The zero-order valence-electron chi connectivity index (χ0n) is 10.9. The Morgan fingerprint density at radius 2 is 2.00 bits per heavy atom. The van der Waals surface area contributed by atoms with E-state index in [-0.39, 0.29) is 0 Å². The smallest absolute Gasteiger partial charge is 0.151 e. The fourth-order valence-corrected chi connectivity index (χ4v) is 1.29. The lowest BCUT2D eigenvalue weighted by molar-refractivity contribution is 0.105. The van der Waals surface area contributed by atoms with E-state index in [2.05, 4.69) is 5.16 Å². The molecular weight excluding hydrogens is 232 g/mol. The van der Waals surface area contributed by atoms with E-state index in [0.717, 1.165) is 11.3 Å². The van der Waals surface area contributed by atoms with Gasteiger partial charge in [-0.2, -0.15) is 0 Å². The van der Waals surface area contributed by atoms with E-state index < -0.39 is 0 Å². The number of amidine groups is 1. The molecule has 1 rings (SSSR count). The van der Waals surface area contributed by atoms with Gasteiger partial charge in [0.15, 0.2) is 6.61 Å². The van der Waals surface area contributed by atoms with Crippen LogP contribution in [-0.2, 0) is 9.57 Å². The SMILES string of the molecule is COCC/C(N)=N/OCCOc1ccccc1C. The van der Waals surface area contributed by atoms with Crippen LogP contribution in [0.3, 0.4) is 0 Å². The highest BCUT2D eigenvalue weighted by Crippen LogP contribution is 2.15. The molecule has 0 aliphatic rings. The van der Waals surface area contributed by atoms with Crippen molar-refractivity contribution in [3.05, 3.63) is 29.8 Å². The molecule has 0 fully saturated rings. The lowest BCUT2D eigenvalue weighted by atomic mass is 10.2. The number of hydrogen-bond donors (Lipinski definition) is 1. The summed E-state index contributed by atoms with van der Waals surface area (Å²) in [5.41, 5.74) is 6.68. The number of nitrogens with two attached hydrogens (primary N) is 1. The molecule has 0 atom stereocenters. The van der Waals surface area contributed by atoms with Crippen LogP contribution >= 0.6 is 0 Å². The van der Waals surface area contributed by atoms with Gasteiger partial charge in [0.25, 0.3) is 0 Å². The van der Waals surface area contributed by atoms with Crippen molar-refractivity contribution < 1.29 is 14.3 Å². The third kappa shape index (κ3) is 5.54. The number of nitrogens with zero attached hydrogens (tertiary/aromatic N) is 1. The predicted octanol–water partition coefficient (Wildman–Crippen LogP) is 1.70. The average molecular weight is 252 g/mol. The second kappa shape index (κ2) is 8.36. The van der Waals surface area contributed by atoms with E-state index in [1.165, 1.54) is 0 Å². The zero-order valence-corrected chi connectivity index (χ0v) is 10.9. The van der Waals surface area contributed by atoms with Gasteiger partial charge in [-0.3, -0.25) is 0 Å². The third-order valence-electron chi connectivity index (χ3n) is 2.27. The minimum Gasteiger partial charge on any atom is -0.490 e. The van der Waals surface area contributed by atoms with Crippen molar-refractivity contribution >= 4 is 5.84 Å². The summed E-state index contributed by atoms with van der Waals surface area (Å²) in [5.74, 6) is 1.28. The van der Waals surface area contributed by atoms with Gasteiger partial charge >= 0.3 is 0 Å². The van der Waals surface area contributed by atoms with E-state index in [1.54, 1.807) is 7.11 Å². The van der Waals surface area contributed by atoms with Crippen LogP contribution < -0.4 is 10.5 Å². The first-order chi connectivity index (χ1) is 8.74. The Hall–Kier alpha value is -1.75. The van der Waals surface area contributed by atoms with Gasteiger partial charge in [0.05, 0.1) is 6.61 Å². The van der Waals surface area contributed by atoms with Crippen molar-refractivity contribution in [2.45, 2.75) is 13.3 Å². The molecule has 0 saturated carbocycles. The number of oxime groups is 1. The lowest BCUT2D eigenvalue weighted by Gasteiger charge is -2.07. The minimum atomic E-state index is 0.363. The van der Waals surface area contributed by atoms with Crippen LogP contribution in [0.4, 0.5) is 0 Å². The van der Waals surface area contributed by atoms with Crippen molar-refractivity contribution in [2.24, 2.45) is 10.9 Å². The molecular formula is C13H20N2O3. The summed E-state index contributed by atoms with van der Waals surface area (Å²) >= 11 is 0. The fourth-order valence-electron chi connectivity index (χ4n) is 1.29. The summed E-state index contributed by atoms with van der Waals surface area (Å²) in [4.78, 5) is 5.04. The Morgan fingerprint density at radius 3 is 2.72 bits per heavy atom. The Balaban J connectivity index is 2.17. The van der Waals surface area contributed by atoms with E-state index in [9.17, 15) is 0 Å². The molecule has 0 amide bonds. The Morgan fingerprint density at radius 1 is 1.22 bits per heavy atom. The first kappa shape index (κ1) is 14.3. The zero-order chi connectivity index (χ0) is 13.2. The van der Waals surface area contributed by atoms with Crippen molar-refractivity contribution in [3.63, 3.8) is 0 Å². The van der Waals surface area contributed by atoms with Gasteiger partial charge < -0.3 is 20.0 Å². The highest BCUT2D eigenvalue weighted by molar-refractivity contribution is 5.79. The summed E-state index contributed by atoms with van der Waals surface area (Å²) in [6.07, 6.45) is 0.565. The highest BCUT2D eigenvalue weighted by Gasteiger charge is 1.97. The Bertz CT molecular complexity index is 380. The molecule has 100 valence electrons. The molecule has 0 spiro atoms. The van der Waals surface area contributed by atoms with Gasteiger partial charge in [0.1, 0.15) is 18.2 Å². The third-order valence-corrected chi connectivity index (χ3v) is 2.27. The maximum Gasteiger partial charge on any atom is 0.151 e. The van der Waals surface area contributed by atoms with Gasteiger partial charge in [-0.1, -0.05) is 23.4 Å². The van der Waals surface area contributed by atoms with E-state index in [4.69, 9.17) is 20.0 Å². The monoisotopic (exact) mass is 252 g/mol. The average Bonchev–Trinajstić information content (AvgIpc) is 2.38. The molecule has 2 N–H and O–H groups in total. The molecule has 0 aliphatic heterocycles. The van der Waals surface area contributed by atoms with Gasteiger partial charge in [-0.25, -0.2) is 0 Å². The fraction of sp³-hybridized carbons (Fsp3) is 0.462. The molecule has 1 aromatic carbocycles. The predicted molar refractivity (Wildman–Crippen MR) is 70.7 cm³/mol. The first-order valence-corrected chi connectivity index (χ1v) is 5.85. The van der Waals surface area contributed by atoms with Gasteiger partial charge in [-0.05, 0) is 18.6 Å². The van der Waals surface area contributed by atoms with Crippen molar-refractivity contribution in [1.29, 1.82) is 0 Å². The molecule has 0 unspecified atom stereocenters. The standard InChI is InChI=1S/C13H20N2O3/c1-11-5-3-4-6-12(11)17-9-10-18-15-13(14)7-8-16-2/h3-6H,7-10H2,1-2H3,(H2,14,15). The summed E-state index contributed by atoms with van der Waals surface area (Å²) in [5, 5.41) is 3.75. The molecule has 0 saturated heterocycles. The van der Waals surface area contributed by atoms with Gasteiger partial charge in [0, 0.05) is 13.5 Å². The molecule has 0 heterocycles. The van der Waals surface area contributed by atoms with Crippen LogP contribution in [-0.4, -0.2) is 32.8 Å². The number of hydrogen-bond acceptors (Lipinski definition) is 4. The maximum absolute atomic E-state index is 5.58. The second-order valence-electron chi connectivity index (χ2n) is 3.77. The van der Waals surface area contributed by atoms with Gasteiger partial charge in [0.2, 0.25) is 0 Å². The molecule has 0 radical (unpaired) electrons. The lowest BCUT2D eigenvalue weighted by Crippen LogP contribution is -2.15. The normalized spacial score (nSPS) is 11.3. The second-order valence-corrected chi connectivity index (χ2v) is 3.77. The van der Waals surface area contributed by atoms with E-state index in [0.29, 0.717) is 32.1 Å². The van der Waals surface area contributed by atoms with Crippen molar-refractivity contribution in [3.8, 4) is 5.75 Å². The minimum absolute atomic E-state index is 0.363. The maximum atomic E-state index is 5.58. The number of para-hydroxylation sites is 1. The number of methoxy groups -OCH3 is 1. The highest BCUT2D eigenvalue weighted by atomic mass is 16.6. The van der Waals surface area contributed by atoms with E-state index in [1.807, 2.05) is 31.2 Å². The quantitative estimate of drug-likeness (QED) is 0.331. The molecule has 0 bridgehead atoms. The van der Waals surface area contributed by atoms with Crippen LogP contribution in [0.5, 0.6) is 5.75 Å². The molecule has 5 heteroatoms. The molecule has 1 aromatic rings. The van der Waals surface area contributed by atoms with Crippen LogP contribution in [0, 0.1) is 6.92 Å². The number of benzene rings is 1. The topological polar surface area (TPSA) is 66.1 Å². The molecule has 0 aliphatic carbocycles. The number of rotatable bonds is 8. The van der Waals surface area contributed by atoms with Crippen LogP contribution in [0.15, 0.2) is 29.4 Å². The molecule has 0 aromatic heterocycles. The van der Waals surface area contributed by atoms with Crippen molar-refractivity contribution in [2.75, 3.05) is 26.9 Å². The number of ether oxygens (including phenoxy) is 2. The molecule has 5 nitrogen and oxygen atoms in total. The van der Waals surface area contributed by atoms with Crippen LogP contribution in [0.25, 0.3) is 0 Å². The first-order valence-electron chi connectivity index (χ1n) is 5.85. The van der Waals surface area contributed by atoms with Crippen LogP contribution in [0.2, 0.25) is 0 Å². The molecule has 18 heavy (non-hydrogen) atoms. The van der Waals surface area contributed by atoms with Crippen LogP contribution in [0.1, 0.15) is 12.0 Å². The largest absolute Gasteiger partial charge is 0.490 e. The van der Waals surface area contributed by atoms with Gasteiger partial charge in [-0.15, -0.1) is 0 Å². The van der Waals surface area contributed by atoms with Crippen molar-refractivity contribution in [1.82, 2.24) is 0 Å².